The maximum Gasteiger partial charge on any atom is 0.242 e. The summed E-state index contributed by atoms with van der Waals surface area (Å²) in [5.41, 5.74) is 0.146. The van der Waals surface area contributed by atoms with Crippen LogP contribution in [0.1, 0.15) is 19.8 Å². The number of nitrogens with one attached hydrogen (secondary N) is 1. The molecule has 0 radical (unpaired) electrons. The van der Waals surface area contributed by atoms with Crippen molar-refractivity contribution in [2.75, 3.05) is 29.8 Å². The van der Waals surface area contributed by atoms with Crippen LogP contribution in [0.15, 0.2) is 29.2 Å². The number of sulfonamides is 2. The number of nitrogens with zero attached hydrogens (tertiary/aromatic N) is 1. The monoisotopic (exact) mass is 376 g/mol. The average molecular weight is 376 g/mol. The van der Waals surface area contributed by atoms with Gasteiger partial charge in [-0.05, 0) is 37.6 Å². The fourth-order valence-corrected chi connectivity index (χ4v) is 4.77. The number of hydrogen-bond donors (Lipinski definition) is 1. The van der Waals surface area contributed by atoms with Crippen LogP contribution in [-0.2, 0) is 29.6 Å². The number of carbonyl (C=O) groups excluding carboxylic acids is 1. The van der Waals surface area contributed by atoms with Gasteiger partial charge in [0.15, 0.2) is 0 Å². The van der Waals surface area contributed by atoms with E-state index in [0.717, 1.165) is 4.31 Å². The Balaban J connectivity index is 2.07. The first-order chi connectivity index (χ1) is 11.3. The molecule has 1 amide bonds. The summed E-state index contributed by atoms with van der Waals surface area (Å²) in [6.07, 6.45) is 0.482. The maximum atomic E-state index is 12.1. The fraction of sp³-hybridized carbons (Fsp3) is 0.500. The largest absolute Gasteiger partial charge is 0.382 e. The third-order valence-electron chi connectivity index (χ3n) is 3.42. The van der Waals surface area contributed by atoms with Crippen LogP contribution in [0.4, 0.5) is 5.69 Å². The first-order valence-corrected chi connectivity index (χ1v) is 10.6. The molecule has 0 atom stereocenters. The van der Waals surface area contributed by atoms with E-state index in [1.54, 1.807) is 0 Å². The number of benzene rings is 1. The van der Waals surface area contributed by atoms with Crippen LogP contribution in [0.3, 0.4) is 0 Å². The Bertz CT molecular complexity index is 787. The lowest BCUT2D eigenvalue weighted by molar-refractivity contribution is -0.116. The average Bonchev–Trinajstić information content (AvgIpc) is 2.80. The normalized spacial score (nSPS) is 17.4. The third kappa shape index (κ3) is 4.32. The van der Waals surface area contributed by atoms with Crippen molar-refractivity contribution in [1.82, 2.24) is 4.72 Å². The first kappa shape index (κ1) is 18.8. The zero-order valence-electron chi connectivity index (χ0n) is 13.3. The van der Waals surface area contributed by atoms with E-state index in [4.69, 9.17) is 4.74 Å². The molecule has 1 aromatic rings. The van der Waals surface area contributed by atoms with Crippen LogP contribution in [0.2, 0.25) is 0 Å². The number of rotatable bonds is 8. The van der Waals surface area contributed by atoms with Crippen molar-refractivity contribution in [3.05, 3.63) is 24.3 Å². The molecule has 1 N–H and O–H groups in total. The summed E-state index contributed by atoms with van der Waals surface area (Å²) in [5, 5.41) is 0. The quantitative estimate of drug-likeness (QED) is 0.660. The van der Waals surface area contributed by atoms with Gasteiger partial charge < -0.3 is 4.74 Å². The minimum Gasteiger partial charge on any atom is -0.382 e. The van der Waals surface area contributed by atoms with Crippen molar-refractivity contribution >= 4 is 31.6 Å². The third-order valence-corrected chi connectivity index (χ3v) is 6.59. The Kier molecular flexibility index (Phi) is 5.97. The van der Waals surface area contributed by atoms with Crippen LogP contribution in [-0.4, -0.2) is 48.3 Å². The van der Waals surface area contributed by atoms with Gasteiger partial charge in [-0.15, -0.1) is 0 Å². The van der Waals surface area contributed by atoms with Crippen molar-refractivity contribution in [2.45, 2.75) is 24.7 Å². The molecular weight excluding hydrogens is 356 g/mol. The highest BCUT2D eigenvalue weighted by Gasteiger charge is 2.36. The minimum atomic E-state index is -3.69. The Hall–Kier alpha value is -1.49. The van der Waals surface area contributed by atoms with Gasteiger partial charge in [0.05, 0.1) is 16.3 Å². The van der Waals surface area contributed by atoms with Crippen LogP contribution >= 0.6 is 0 Å². The summed E-state index contributed by atoms with van der Waals surface area (Å²) in [6, 6.07) is 5.19. The Labute approximate surface area is 141 Å². The highest BCUT2D eigenvalue weighted by molar-refractivity contribution is 7.94. The van der Waals surface area contributed by atoms with Gasteiger partial charge in [0.2, 0.25) is 26.0 Å². The molecule has 0 unspecified atom stereocenters. The lowest BCUT2D eigenvalue weighted by atomic mass is 10.3. The van der Waals surface area contributed by atoms with E-state index in [-0.39, 0.29) is 29.3 Å². The number of carbonyl (C=O) groups is 1. The van der Waals surface area contributed by atoms with Gasteiger partial charge in [0.1, 0.15) is 0 Å². The molecule has 0 saturated carbocycles. The highest BCUT2D eigenvalue weighted by atomic mass is 32.2. The molecular formula is C14H20N2O6S2. The number of ether oxygens (including phenoxy) is 1. The van der Waals surface area contributed by atoms with Crippen LogP contribution in [0.5, 0.6) is 0 Å². The lowest BCUT2D eigenvalue weighted by Crippen LogP contribution is -2.29. The van der Waals surface area contributed by atoms with E-state index >= 15 is 0 Å². The van der Waals surface area contributed by atoms with E-state index in [1.165, 1.54) is 24.3 Å². The standard InChI is InChI=1S/C14H20N2O6S2/c1-2-22-10-3-9-15-24(20,21)13-6-4-12(5-7-13)16-14(17)8-11-23(16,18)19/h4-7,15H,2-3,8-11H2,1H3. The molecule has 24 heavy (non-hydrogen) atoms. The van der Waals surface area contributed by atoms with E-state index in [2.05, 4.69) is 4.72 Å². The predicted octanol–water partition coefficient (Wildman–Crippen LogP) is 0.458. The number of anilines is 1. The molecule has 134 valence electrons. The van der Waals surface area contributed by atoms with Gasteiger partial charge in [0, 0.05) is 26.2 Å². The minimum absolute atomic E-state index is 0.00621. The van der Waals surface area contributed by atoms with Crippen LogP contribution in [0, 0.1) is 0 Å². The zero-order valence-corrected chi connectivity index (χ0v) is 14.9. The maximum absolute atomic E-state index is 12.1. The second-order valence-corrected chi connectivity index (χ2v) is 8.87. The molecule has 1 aromatic carbocycles. The second kappa shape index (κ2) is 7.60. The molecule has 0 aliphatic carbocycles. The second-order valence-electron chi connectivity index (χ2n) is 5.17. The van der Waals surface area contributed by atoms with Gasteiger partial charge in [-0.2, -0.15) is 0 Å². The number of hydrogen-bond acceptors (Lipinski definition) is 6. The zero-order chi connectivity index (χ0) is 17.8. The molecule has 1 aliphatic heterocycles. The smallest absolute Gasteiger partial charge is 0.242 e. The predicted molar refractivity (Wildman–Crippen MR) is 88.6 cm³/mol. The van der Waals surface area contributed by atoms with Crippen molar-refractivity contribution in [3.8, 4) is 0 Å². The summed E-state index contributed by atoms with van der Waals surface area (Å²) in [4.78, 5) is 11.7. The van der Waals surface area contributed by atoms with Gasteiger partial charge in [-0.3, -0.25) is 4.79 Å². The van der Waals surface area contributed by atoms with Crippen molar-refractivity contribution < 1.29 is 26.4 Å². The van der Waals surface area contributed by atoms with Gasteiger partial charge >= 0.3 is 0 Å². The van der Waals surface area contributed by atoms with Gasteiger partial charge in [-0.1, -0.05) is 0 Å². The molecule has 1 heterocycles. The highest BCUT2D eigenvalue weighted by Crippen LogP contribution is 2.26. The number of amides is 1. The lowest BCUT2D eigenvalue weighted by Gasteiger charge is -2.15. The molecule has 1 aliphatic rings. The fourth-order valence-electron chi connectivity index (χ4n) is 2.24. The van der Waals surface area contributed by atoms with Crippen molar-refractivity contribution in [3.63, 3.8) is 0 Å². The van der Waals surface area contributed by atoms with Gasteiger partial charge in [0.25, 0.3) is 0 Å². The van der Waals surface area contributed by atoms with Crippen molar-refractivity contribution in [2.24, 2.45) is 0 Å². The van der Waals surface area contributed by atoms with E-state index in [1.807, 2.05) is 6.92 Å². The SMILES string of the molecule is CCOCCCNS(=O)(=O)c1ccc(N2C(=O)CCS2(=O)=O)cc1. The Morgan fingerprint density at radius 1 is 1.25 bits per heavy atom. The topological polar surface area (TPSA) is 110 Å². The van der Waals surface area contributed by atoms with Crippen LogP contribution in [0.25, 0.3) is 0 Å². The summed E-state index contributed by atoms with van der Waals surface area (Å²) >= 11 is 0. The molecule has 1 saturated heterocycles. The van der Waals surface area contributed by atoms with Crippen molar-refractivity contribution in [1.29, 1.82) is 0 Å². The Morgan fingerprint density at radius 3 is 2.46 bits per heavy atom. The van der Waals surface area contributed by atoms with E-state index in [9.17, 15) is 21.6 Å². The molecule has 8 nitrogen and oxygen atoms in total. The summed E-state index contributed by atoms with van der Waals surface area (Å²) in [5.74, 6) is -0.743. The summed E-state index contributed by atoms with van der Waals surface area (Å²) in [7, 11) is -7.34. The molecule has 0 bridgehead atoms. The molecule has 10 heteroatoms. The molecule has 0 spiro atoms. The summed E-state index contributed by atoms with van der Waals surface area (Å²) in [6.45, 7) is 3.14. The summed E-state index contributed by atoms with van der Waals surface area (Å²) < 4.78 is 56.3. The van der Waals surface area contributed by atoms with Gasteiger partial charge in [-0.25, -0.2) is 25.9 Å². The van der Waals surface area contributed by atoms with E-state index in [0.29, 0.717) is 19.6 Å². The molecule has 1 fully saturated rings. The molecule has 2 rings (SSSR count). The van der Waals surface area contributed by atoms with Crippen LogP contribution < -0.4 is 9.03 Å². The van der Waals surface area contributed by atoms with E-state index < -0.39 is 26.0 Å². The Morgan fingerprint density at radius 2 is 1.92 bits per heavy atom. The first-order valence-electron chi connectivity index (χ1n) is 7.51. The molecule has 0 aromatic heterocycles.